The number of rotatable bonds is 8. The van der Waals surface area contributed by atoms with Crippen LogP contribution in [0.15, 0.2) is 36.4 Å². The summed E-state index contributed by atoms with van der Waals surface area (Å²) < 4.78 is 26.1. The molecule has 1 aliphatic heterocycles. The predicted molar refractivity (Wildman–Crippen MR) is 107 cm³/mol. The fraction of sp³-hybridized carbons (Fsp3) is 0.409. The third kappa shape index (κ3) is 3.76. The molecular weight excluding hydrogens is 392 g/mol. The number of ether oxygens (including phenoxy) is 5. The van der Waals surface area contributed by atoms with Crippen molar-refractivity contribution in [2.75, 3.05) is 35.0 Å². The van der Waals surface area contributed by atoms with Crippen LogP contribution < -0.4 is 18.9 Å². The Morgan fingerprint density at radius 1 is 0.800 bits per heavy atom. The summed E-state index contributed by atoms with van der Waals surface area (Å²) in [5.41, 5.74) is -2.74. The SMILES string of the molecule is COc1ccc(C[C@@]2(O)COC(=O)[C@]2(O)Cc2ccc(OC)c(OC)c2)cc1OC. The minimum atomic E-state index is -2.14. The number of benzene rings is 2. The molecule has 0 aliphatic carbocycles. The standard InChI is InChI=1S/C22H26O8/c1-26-16-7-5-14(9-18(16)28-3)11-21(24)13-30-20(23)22(21,25)12-15-6-8-17(27-2)19(10-15)29-4/h5-10,24-25H,11-13H2,1-4H3/t21-,22-/m1/s1. The van der Waals surface area contributed by atoms with E-state index in [-0.39, 0.29) is 19.4 Å². The number of hydrogen-bond acceptors (Lipinski definition) is 8. The molecule has 1 saturated heterocycles. The molecule has 1 fully saturated rings. The minimum Gasteiger partial charge on any atom is -0.493 e. The Balaban J connectivity index is 1.92. The van der Waals surface area contributed by atoms with E-state index in [4.69, 9.17) is 23.7 Å². The van der Waals surface area contributed by atoms with Crippen molar-refractivity contribution < 1.29 is 38.7 Å². The molecule has 2 atom stereocenters. The largest absolute Gasteiger partial charge is 0.493 e. The number of carbonyl (C=O) groups excluding carboxylic acids is 1. The molecule has 8 heteroatoms. The Kier molecular flexibility index (Phi) is 6.09. The maximum absolute atomic E-state index is 12.5. The van der Waals surface area contributed by atoms with E-state index >= 15 is 0 Å². The van der Waals surface area contributed by atoms with Gasteiger partial charge in [0.1, 0.15) is 12.2 Å². The zero-order valence-corrected chi connectivity index (χ0v) is 17.4. The lowest BCUT2D eigenvalue weighted by molar-refractivity contribution is -0.163. The van der Waals surface area contributed by atoms with Crippen LogP contribution in [0.3, 0.4) is 0 Å². The normalized spacial score (nSPS) is 23.1. The van der Waals surface area contributed by atoms with Gasteiger partial charge < -0.3 is 33.9 Å². The summed E-state index contributed by atoms with van der Waals surface area (Å²) in [6.07, 6.45) is -0.182. The monoisotopic (exact) mass is 418 g/mol. The van der Waals surface area contributed by atoms with Crippen molar-refractivity contribution in [3.63, 3.8) is 0 Å². The van der Waals surface area contributed by atoms with Gasteiger partial charge in [-0.15, -0.1) is 0 Å². The van der Waals surface area contributed by atoms with Crippen LogP contribution in [0.2, 0.25) is 0 Å². The quantitative estimate of drug-likeness (QED) is 0.622. The van der Waals surface area contributed by atoms with Crippen molar-refractivity contribution in [1.82, 2.24) is 0 Å². The Morgan fingerprint density at radius 2 is 1.27 bits per heavy atom. The van der Waals surface area contributed by atoms with Crippen LogP contribution in [0.1, 0.15) is 11.1 Å². The first kappa shape index (κ1) is 21.7. The van der Waals surface area contributed by atoms with E-state index in [9.17, 15) is 15.0 Å². The maximum atomic E-state index is 12.5. The highest BCUT2D eigenvalue weighted by Crippen LogP contribution is 2.39. The van der Waals surface area contributed by atoms with Crippen molar-refractivity contribution in [3.05, 3.63) is 47.5 Å². The Morgan fingerprint density at radius 3 is 1.73 bits per heavy atom. The molecular formula is C22H26O8. The topological polar surface area (TPSA) is 104 Å². The number of cyclic esters (lactones) is 1. The summed E-state index contributed by atoms with van der Waals surface area (Å²) in [5.74, 6) is 1.11. The summed E-state index contributed by atoms with van der Waals surface area (Å²) in [5, 5.41) is 22.5. The summed E-state index contributed by atoms with van der Waals surface area (Å²) in [6, 6.07) is 10.1. The predicted octanol–water partition coefficient (Wildman–Crippen LogP) is 1.53. The highest BCUT2D eigenvalue weighted by atomic mass is 16.6. The molecule has 0 radical (unpaired) electrons. The average Bonchev–Trinajstić information content (AvgIpc) is 2.97. The van der Waals surface area contributed by atoms with Crippen molar-refractivity contribution in [3.8, 4) is 23.0 Å². The second-order valence-corrected chi connectivity index (χ2v) is 7.20. The number of methoxy groups -OCH3 is 4. The lowest BCUT2D eigenvalue weighted by Crippen LogP contribution is -2.58. The molecule has 0 aromatic heterocycles. The lowest BCUT2D eigenvalue weighted by atomic mass is 9.77. The molecule has 0 spiro atoms. The van der Waals surface area contributed by atoms with Gasteiger partial charge in [0, 0.05) is 12.8 Å². The van der Waals surface area contributed by atoms with Gasteiger partial charge in [0.15, 0.2) is 28.6 Å². The zero-order chi connectivity index (χ0) is 21.9. The molecule has 0 saturated carbocycles. The van der Waals surface area contributed by atoms with Crippen molar-refractivity contribution in [2.45, 2.75) is 24.0 Å². The van der Waals surface area contributed by atoms with E-state index in [1.54, 1.807) is 36.4 Å². The van der Waals surface area contributed by atoms with Crippen molar-refractivity contribution >= 4 is 5.97 Å². The Labute approximate surface area is 174 Å². The van der Waals surface area contributed by atoms with Gasteiger partial charge in [-0.3, -0.25) is 0 Å². The molecule has 0 bridgehead atoms. The van der Waals surface area contributed by atoms with E-state index in [1.165, 1.54) is 28.4 Å². The number of aliphatic hydroxyl groups is 2. The third-order valence-electron chi connectivity index (χ3n) is 5.40. The van der Waals surface area contributed by atoms with Crippen LogP contribution in [-0.2, 0) is 22.4 Å². The van der Waals surface area contributed by atoms with Gasteiger partial charge in [-0.05, 0) is 35.4 Å². The molecule has 0 unspecified atom stereocenters. The van der Waals surface area contributed by atoms with E-state index in [0.29, 0.717) is 34.1 Å². The third-order valence-corrected chi connectivity index (χ3v) is 5.40. The Bertz CT molecular complexity index is 927. The molecule has 162 valence electrons. The van der Waals surface area contributed by atoms with Gasteiger partial charge in [0.05, 0.1) is 28.4 Å². The minimum absolute atomic E-state index is 0.0249. The summed E-state index contributed by atoms with van der Waals surface area (Å²) in [7, 11) is 6.04. The van der Waals surface area contributed by atoms with Crippen molar-refractivity contribution in [2.24, 2.45) is 0 Å². The number of carbonyl (C=O) groups is 1. The van der Waals surface area contributed by atoms with Gasteiger partial charge >= 0.3 is 5.97 Å². The second kappa shape index (κ2) is 8.41. The first-order valence-corrected chi connectivity index (χ1v) is 9.34. The lowest BCUT2D eigenvalue weighted by Gasteiger charge is -2.34. The fourth-order valence-electron chi connectivity index (χ4n) is 3.66. The first-order valence-electron chi connectivity index (χ1n) is 9.34. The van der Waals surface area contributed by atoms with Gasteiger partial charge in [0.25, 0.3) is 0 Å². The van der Waals surface area contributed by atoms with Crippen LogP contribution in [0.4, 0.5) is 0 Å². The highest BCUT2D eigenvalue weighted by Gasteiger charge is 2.61. The van der Waals surface area contributed by atoms with E-state index < -0.39 is 17.2 Å². The smallest absolute Gasteiger partial charge is 0.341 e. The molecule has 2 N–H and O–H groups in total. The van der Waals surface area contributed by atoms with Crippen LogP contribution in [0.25, 0.3) is 0 Å². The van der Waals surface area contributed by atoms with Crippen molar-refractivity contribution in [1.29, 1.82) is 0 Å². The molecule has 2 aromatic carbocycles. The molecule has 3 rings (SSSR count). The van der Waals surface area contributed by atoms with Crippen LogP contribution in [0, 0.1) is 0 Å². The second-order valence-electron chi connectivity index (χ2n) is 7.20. The van der Waals surface area contributed by atoms with Gasteiger partial charge in [-0.1, -0.05) is 12.1 Å². The molecule has 1 aliphatic rings. The summed E-state index contributed by atoms with van der Waals surface area (Å²) in [6.45, 7) is -0.329. The Hall–Kier alpha value is -2.97. The highest BCUT2D eigenvalue weighted by molar-refractivity contribution is 5.84. The number of hydrogen-bond donors (Lipinski definition) is 2. The molecule has 8 nitrogen and oxygen atoms in total. The van der Waals surface area contributed by atoms with Gasteiger partial charge in [0.2, 0.25) is 0 Å². The molecule has 1 heterocycles. The molecule has 30 heavy (non-hydrogen) atoms. The number of esters is 1. The zero-order valence-electron chi connectivity index (χ0n) is 17.4. The van der Waals surface area contributed by atoms with E-state index in [0.717, 1.165) is 0 Å². The molecule has 0 amide bonds. The van der Waals surface area contributed by atoms with E-state index in [1.807, 2.05) is 0 Å². The maximum Gasteiger partial charge on any atom is 0.341 e. The average molecular weight is 418 g/mol. The first-order chi connectivity index (χ1) is 14.3. The van der Waals surface area contributed by atoms with Gasteiger partial charge in [-0.2, -0.15) is 0 Å². The summed E-state index contributed by atoms with van der Waals surface area (Å²) in [4.78, 5) is 12.5. The summed E-state index contributed by atoms with van der Waals surface area (Å²) >= 11 is 0. The van der Waals surface area contributed by atoms with Crippen LogP contribution in [-0.4, -0.2) is 62.4 Å². The van der Waals surface area contributed by atoms with Crippen LogP contribution in [0.5, 0.6) is 23.0 Å². The van der Waals surface area contributed by atoms with Gasteiger partial charge in [-0.25, -0.2) is 4.79 Å². The fourth-order valence-corrected chi connectivity index (χ4v) is 3.66. The molecule has 2 aromatic rings. The van der Waals surface area contributed by atoms with E-state index in [2.05, 4.69) is 0 Å². The van der Waals surface area contributed by atoms with Crippen LogP contribution >= 0.6 is 0 Å².